The minimum Gasteiger partial charge on any atom is -0.507 e. The van der Waals surface area contributed by atoms with Crippen molar-refractivity contribution in [3.63, 3.8) is 0 Å². The van der Waals surface area contributed by atoms with Crippen LogP contribution in [0.4, 0.5) is 0 Å². The third-order valence-electron chi connectivity index (χ3n) is 7.26. The van der Waals surface area contributed by atoms with Crippen LogP contribution >= 0.6 is 0 Å². The third kappa shape index (κ3) is 3.19. The quantitative estimate of drug-likeness (QED) is 0.472. The van der Waals surface area contributed by atoms with Crippen LogP contribution < -0.4 is 4.74 Å². The Balaban J connectivity index is 2.13. The summed E-state index contributed by atoms with van der Waals surface area (Å²) in [6, 6.07) is 10.3. The summed E-state index contributed by atoms with van der Waals surface area (Å²) in [4.78, 5) is 40.5. The van der Waals surface area contributed by atoms with Crippen molar-refractivity contribution >= 4 is 17.3 Å². The fraction of sp³-hybridized carbons (Fsp3) is 0.393. The second-order valence-corrected chi connectivity index (χ2v) is 10.3. The van der Waals surface area contributed by atoms with Crippen molar-refractivity contribution in [3.8, 4) is 17.2 Å². The Hall–Kier alpha value is -3.41. The molecule has 0 saturated heterocycles. The highest BCUT2D eigenvalue weighted by Crippen LogP contribution is 2.58. The van der Waals surface area contributed by atoms with Crippen molar-refractivity contribution < 1.29 is 29.3 Å². The van der Waals surface area contributed by atoms with Gasteiger partial charge in [0.05, 0.1) is 10.8 Å². The van der Waals surface area contributed by atoms with Gasteiger partial charge >= 0.3 is 0 Å². The van der Waals surface area contributed by atoms with E-state index in [1.807, 2.05) is 37.3 Å². The van der Waals surface area contributed by atoms with Gasteiger partial charge in [-0.25, -0.2) is 0 Å². The van der Waals surface area contributed by atoms with E-state index in [1.54, 1.807) is 34.6 Å². The standard InChI is InChI=1S/C28H30O6/c1-7-14(2)22(31)20-17(30)13-16(29)19-18(15-11-9-8-10-12-15)21-24(32)27(3,4)26(33)28(5,6)25(21)34-23(19)20/h8-14,18,29-30H,7H2,1-6H3. The second-order valence-electron chi connectivity index (χ2n) is 10.3. The Morgan fingerprint density at radius 3 is 2.24 bits per heavy atom. The number of phenols is 2. The lowest BCUT2D eigenvalue weighted by molar-refractivity contribution is -0.144. The number of allylic oxidation sites excluding steroid dienone is 2. The Morgan fingerprint density at radius 1 is 1.03 bits per heavy atom. The molecule has 0 radical (unpaired) electrons. The number of rotatable bonds is 4. The van der Waals surface area contributed by atoms with Gasteiger partial charge in [-0.05, 0) is 39.7 Å². The molecule has 0 fully saturated rings. The van der Waals surface area contributed by atoms with Crippen molar-refractivity contribution in [1.29, 1.82) is 0 Å². The second kappa shape index (κ2) is 7.83. The van der Waals surface area contributed by atoms with Crippen LogP contribution in [0.2, 0.25) is 0 Å². The highest BCUT2D eigenvalue weighted by atomic mass is 16.5. The summed E-state index contributed by atoms with van der Waals surface area (Å²) >= 11 is 0. The molecule has 2 aromatic rings. The maximum Gasteiger partial charge on any atom is 0.176 e. The molecule has 1 heterocycles. The lowest BCUT2D eigenvalue weighted by Gasteiger charge is -2.45. The van der Waals surface area contributed by atoms with Crippen molar-refractivity contribution in [2.24, 2.45) is 16.7 Å². The SMILES string of the molecule is CCC(C)C(=O)c1c(O)cc(O)c2c1OC1=C(C(=O)C(C)(C)C(=O)C1(C)C)C2c1ccccc1. The fourth-order valence-corrected chi connectivity index (χ4v) is 5.14. The van der Waals surface area contributed by atoms with Gasteiger partial charge in [0.15, 0.2) is 17.3 Å². The lowest BCUT2D eigenvalue weighted by atomic mass is 9.59. The number of Topliss-reactive ketones (excluding diaryl/α,β-unsaturated/α-hetero) is 3. The van der Waals surface area contributed by atoms with E-state index in [2.05, 4.69) is 0 Å². The third-order valence-corrected chi connectivity index (χ3v) is 7.26. The number of phenolic OH excluding ortho intramolecular Hbond substituents is 2. The molecule has 0 amide bonds. The van der Waals surface area contributed by atoms with Gasteiger partial charge in [-0.1, -0.05) is 44.2 Å². The predicted molar refractivity (Wildman–Crippen MR) is 127 cm³/mol. The summed E-state index contributed by atoms with van der Waals surface area (Å²) in [5.74, 6) is -2.71. The predicted octanol–water partition coefficient (Wildman–Crippen LogP) is 5.31. The van der Waals surface area contributed by atoms with Gasteiger partial charge in [0, 0.05) is 29.0 Å². The molecule has 0 saturated carbocycles. The van der Waals surface area contributed by atoms with Crippen molar-refractivity contribution in [3.05, 3.63) is 64.4 Å². The molecule has 6 heteroatoms. The van der Waals surface area contributed by atoms with Gasteiger partial charge < -0.3 is 14.9 Å². The molecule has 34 heavy (non-hydrogen) atoms. The van der Waals surface area contributed by atoms with E-state index in [-0.39, 0.29) is 51.3 Å². The van der Waals surface area contributed by atoms with Gasteiger partial charge in [-0.3, -0.25) is 14.4 Å². The molecule has 4 rings (SSSR count). The normalized spacial score (nSPS) is 21.4. The lowest BCUT2D eigenvalue weighted by Crippen LogP contribution is -2.51. The Labute approximate surface area is 199 Å². The number of ether oxygens (including phenoxy) is 1. The summed E-state index contributed by atoms with van der Waals surface area (Å²) in [5, 5.41) is 21.7. The van der Waals surface area contributed by atoms with E-state index in [0.717, 1.165) is 6.07 Å². The Morgan fingerprint density at radius 2 is 1.65 bits per heavy atom. The topological polar surface area (TPSA) is 101 Å². The average Bonchev–Trinajstić information content (AvgIpc) is 2.80. The summed E-state index contributed by atoms with van der Waals surface area (Å²) in [7, 11) is 0. The van der Waals surface area contributed by atoms with Crippen LogP contribution in [0.5, 0.6) is 17.2 Å². The van der Waals surface area contributed by atoms with Crippen LogP contribution in [0.3, 0.4) is 0 Å². The van der Waals surface area contributed by atoms with Crippen LogP contribution in [0.15, 0.2) is 47.7 Å². The molecule has 2 aliphatic rings. The van der Waals surface area contributed by atoms with E-state index in [4.69, 9.17) is 4.74 Å². The van der Waals surface area contributed by atoms with Crippen molar-refractivity contribution in [2.45, 2.75) is 53.9 Å². The largest absolute Gasteiger partial charge is 0.507 e. The monoisotopic (exact) mass is 462 g/mol. The summed E-state index contributed by atoms with van der Waals surface area (Å²) in [6.07, 6.45) is 0.542. The minimum absolute atomic E-state index is 0.00350. The summed E-state index contributed by atoms with van der Waals surface area (Å²) < 4.78 is 6.24. The van der Waals surface area contributed by atoms with E-state index >= 15 is 0 Å². The van der Waals surface area contributed by atoms with E-state index in [9.17, 15) is 24.6 Å². The van der Waals surface area contributed by atoms with E-state index in [0.29, 0.717) is 12.0 Å². The first-order chi connectivity index (χ1) is 15.9. The summed E-state index contributed by atoms with van der Waals surface area (Å²) in [6.45, 7) is 10.2. The molecule has 2 N–H and O–H groups in total. The van der Waals surface area contributed by atoms with Crippen LogP contribution in [0, 0.1) is 16.7 Å². The Kier molecular flexibility index (Phi) is 5.46. The van der Waals surface area contributed by atoms with E-state index < -0.39 is 28.4 Å². The molecule has 0 spiro atoms. The molecule has 0 bridgehead atoms. The first-order valence-electron chi connectivity index (χ1n) is 11.6. The molecule has 2 atom stereocenters. The minimum atomic E-state index is -1.29. The zero-order chi connectivity index (χ0) is 25.2. The summed E-state index contributed by atoms with van der Waals surface area (Å²) in [5.41, 5.74) is -1.28. The van der Waals surface area contributed by atoms with Gasteiger partial charge in [-0.2, -0.15) is 0 Å². The van der Waals surface area contributed by atoms with Gasteiger partial charge in [0.2, 0.25) is 0 Å². The van der Waals surface area contributed by atoms with Crippen LogP contribution in [0.25, 0.3) is 0 Å². The molecule has 0 aromatic heterocycles. The number of benzene rings is 2. The van der Waals surface area contributed by atoms with Gasteiger partial charge in [0.1, 0.15) is 28.6 Å². The van der Waals surface area contributed by atoms with Crippen LogP contribution in [-0.4, -0.2) is 27.6 Å². The molecular formula is C28H30O6. The van der Waals surface area contributed by atoms with Crippen LogP contribution in [0.1, 0.15) is 75.4 Å². The van der Waals surface area contributed by atoms with E-state index in [1.165, 1.54) is 0 Å². The van der Waals surface area contributed by atoms with Crippen molar-refractivity contribution in [2.75, 3.05) is 0 Å². The number of carbonyl (C=O) groups excluding carboxylic acids is 3. The molecular weight excluding hydrogens is 432 g/mol. The highest BCUT2D eigenvalue weighted by molar-refractivity contribution is 6.20. The Bertz CT molecular complexity index is 1250. The first kappa shape index (κ1) is 23.7. The number of hydrogen-bond donors (Lipinski definition) is 2. The zero-order valence-corrected chi connectivity index (χ0v) is 20.4. The molecule has 2 aromatic carbocycles. The number of ketones is 3. The molecule has 2 unspecified atom stereocenters. The van der Waals surface area contributed by atoms with Gasteiger partial charge in [-0.15, -0.1) is 0 Å². The maximum atomic E-state index is 13.8. The fourth-order valence-electron chi connectivity index (χ4n) is 5.14. The van der Waals surface area contributed by atoms with Crippen molar-refractivity contribution in [1.82, 2.24) is 0 Å². The maximum absolute atomic E-state index is 13.8. The molecule has 1 aliphatic carbocycles. The molecule has 6 nitrogen and oxygen atoms in total. The smallest absolute Gasteiger partial charge is 0.176 e. The van der Waals surface area contributed by atoms with Gasteiger partial charge in [0.25, 0.3) is 0 Å². The zero-order valence-electron chi connectivity index (χ0n) is 20.4. The molecule has 178 valence electrons. The average molecular weight is 463 g/mol. The van der Waals surface area contributed by atoms with Crippen LogP contribution in [-0.2, 0) is 9.59 Å². The number of hydrogen-bond acceptors (Lipinski definition) is 6. The molecule has 1 aliphatic heterocycles. The number of fused-ring (bicyclic) bond motifs is 1. The first-order valence-corrected chi connectivity index (χ1v) is 11.6. The highest BCUT2D eigenvalue weighted by Gasteiger charge is 2.57. The number of aromatic hydroxyl groups is 2. The number of carbonyl (C=O) groups is 3.